The SMILES string of the molecule is CSC(=N)/C=C/[NH+](C)C. The van der Waals surface area contributed by atoms with Crippen LogP contribution in [-0.4, -0.2) is 25.4 Å². The minimum Gasteiger partial charge on any atom is -0.313 e. The second kappa shape index (κ2) is 4.58. The van der Waals surface area contributed by atoms with Gasteiger partial charge in [-0.25, -0.2) is 0 Å². The predicted molar refractivity (Wildman–Crippen MR) is 43.2 cm³/mol. The van der Waals surface area contributed by atoms with E-state index in [1.807, 2.05) is 26.6 Å². The van der Waals surface area contributed by atoms with Gasteiger partial charge in [-0.15, -0.1) is 11.8 Å². The highest BCUT2D eigenvalue weighted by molar-refractivity contribution is 8.13. The zero-order valence-electron chi connectivity index (χ0n) is 6.06. The smallest absolute Gasteiger partial charge is 0.0964 e. The molecule has 0 saturated carbocycles. The summed E-state index contributed by atoms with van der Waals surface area (Å²) >= 11 is 1.45. The lowest BCUT2D eigenvalue weighted by atomic mass is 10.6. The Balaban J connectivity index is 3.57. The summed E-state index contributed by atoms with van der Waals surface area (Å²) < 4.78 is 0. The zero-order valence-corrected chi connectivity index (χ0v) is 6.88. The Hall–Kier alpha value is -0.280. The average Bonchev–Trinajstić information content (AvgIpc) is 1.83. The van der Waals surface area contributed by atoms with Crippen molar-refractivity contribution < 1.29 is 4.90 Å². The van der Waals surface area contributed by atoms with Crippen LogP contribution in [0.4, 0.5) is 0 Å². The number of thioether (sulfide) groups is 1. The molecule has 3 heteroatoms. The van der Waals surface area contributed by atoms with E-state index in [1.54, 1.807) is 6.08 Å². The van der Waals surface area contributed by atoms with Crippen molar-refractivity contribution >= 4 is 16.8 Å². The fourth-order valence-electron chi connectivity index (χ4n) is 0.310. The van der Waals surface area contributed by atoms with Gasteiger partial charge in [-0.1, -0.05) is 0 Å². The molecule has 0 aliphatic heterocycles. The van der Waals surface area contributed by atoms with Crippen LogP contribution >= 0.6 is 11.8 Å². The van der Waals surface area contributed by atoms with Gasteiger partial charge in [0.25, 0.3) is 0 Å². The number of hydrogen-bond donors (Lipinski definition) is 2. The molecule has 0 aliphatic carbocycles. The maximum atomic E-state index is 7.19. The first kappa shape index (κ1) is 8.72. The normalized spacial score (nSPS) is 11.1. The standard InChI is InChI=1S/C6H12N2S/c1-8(2)5-4-6(7)9-3/h4-5,7H,1-3H3/p+1/b5-4+,7-6?. The largest absolute Gasteiger partial charge is 0.313 e. The molecule has 2 nitrogen and oxygen atoms in total. The topological polar surface area (TPSA) is 28.3 Å². The van der Waals surface area contributed by atoms with Gasteiger partial charge in [0.2, 0.25) is 0 Å². The highest BCUT2D eigenvalue weighted by Gasteiger charge is 1.86. The van der Waals surface area contributed by atoms with Crippen LogP contribution in [0.5, 0.6) is 0 Å². The van der Waals surface area contributed by atoms with E-state index in [9.17, 15) is 0 Å². The summed E-state index contributed by atoms with van der Waals surface area (Å²) in [4.78, 5) is 1.23. The number of nitrogens with one attached hydrogen (secondary N) is 2. The summed E-state index contributed by atoms with van der Waals surface area (Å²) in [5.41, 5.74) is 0. The van der Waals surface area contributed by atoms with E-state index in [4.69, 9.17) is 5.41 Å². The van der Waals surface area contributed by atoms with Gasteiger partial charge in [0.15, 0.2) is 0 Å². The molecule has 0 rings (SSSR count). The predicted octanol–water partition coefficient (Wildman–Crippen LogP) is -0.0151. The van der Waals surface area contributed by atoms with Crippen molar-refractivity contribution in [2.45, 2.75) is 0 Å². The minimum atomic E-state index is 0.608. The molecule has 0 radical (unpaired) electrons. The van der Waals surface area contributed by atoms with Crippen LogP contribution in [-0.2, 0) is 0 Å². The van der Waals surface area contributed by atoms with Crippen molar-refractivity contribution in [2.75, 3.05) is 20.4 Å². The summed E-state index contributed by atoms with van der Waals surface area (Å²) in [7, 11) is 4.04. The van der Waals surface area contributed by atoms with Crippen molar-refractivity contribution in [3.05, 3.63) is 12.3 Å². The first-order valence-electron chi connectivity index (χ1n) is 2.77. The molecule has 0 aromatic carbocycles. The molecule has 0 heterocycles. The minimum absolute atomic E-state index is 0.608. The van der Waals surface area contributed by atoms with Crippen LogP contribution < -0.4 is 4.90 Å². The lowest BCUT2D eigenvalue weighted by Gasteiger charge is -1.95. The van der Waals surface area contributed by atoms with Crippen LogP contribution in [0.2, 0.25) is 0 Å². The van der Waals surface area contributed by atoms with Crippen molar-refractivity contribution in [3.8, 4) is 0 Å². The fourth-order valence-corrected chi connectivity index (χ4v) is 0.515. The molecule has 0 atom stereocenters. The van der Waals surface area contributed by atoms with Gasteiger partial charge in [0.1, 0.15) is 0 Å². The monoisotopic (exact) mass is 145 g/mol. The van der Waals surface area contributed by atoms with E-state index in [0.717, 1.165) is 0 Å². The highest BCUT2D eigenvalue weighted by atomic mass is 32.2. The lowest BCUT2D eigenvalue weighted by Crippen LogP contribution is -3.00. The molecule has 0 fully saturated rings. The molecule has 0 aliphatic rings. The number of quaternary nitrogens is 1. The Kier molecular flexibility index (Phi) is 4.44. The third-order valence-electron chi connectivity index (χ3n) is 0.788. The molecule has 2 N–H and O–H groups in total. The van der Waals surface area contributed by atoms with Crippen LogP contribution in [0.15, 0.2) is 12.3 Å². The number of hydrogen-bond acceptors (Lipinski definition) is 2. The third kappa shape index (κ3) is 5.59. The summed E-state index contributed by atoms with van der Waals surface area (Å²) in [6.07, 6.45) is 5.65. The van der Waals surface area contributed by atoms with E-state index in [0.29, 0.717) is 5.04 Å². The van der Waals surface area contributed by atoms with Gasteiger partial charge in [-0.3, -0.25) is 5.41 Å². The van der Waals surface area contributed by atoms with Crippen molar-refractivity contribution in [2.24, 2.45) is 0 Å². The summed E-state index contributed by atoms with van der Waals surface area (Å²) in [5, 5.41) is 7.80. The maximum Gasteiger partial charge on any atom is 0.0964 e. The molecule has 9 heavy (non-hydrogen) atoms. The van der Waals surface area contributed by atoms with Gasteiger partial charge in [0, 0.05) is 6.08 Å². The molecule has 0 amide bonds. The first-order valence-corrected chi connectivity index (χ1v) is 4.00. The summed E-state index contributed by atoms with van der Waals surface area (Å²) in [6.45, 7) is 0. The summed E-state index contributed by atoms with van der Waals surface area (Å²) in [5.74, 6) is 0. The van der Waals surface area contributed by atoms with Gasteiger partial charge in [-0.05, 0) is 6.26 Å². The van der Waals surface area contributed by atoms with Crippen molar-refractivity contribution in [3.63, 3.8) is 0 Å². The Morgan fingerprint density at radius 3 is 2.44 bits per heavy atom. The number of rotatable bonds is 2. The van der Waals surface area contributed by atoms with E-state index < -0.39 is 0 Å². The van der Waals surface area contributed by atoms with Gasteiger partial charge in [-0.2, -0.15) is 0 Å². The molecule has 0 aromatic heterocycles. The zero-order chi connectivity index (χ0) is 7.28. The molecular formula is C6H13N2S+. The molecule has 0 saturated heterocycles. The van der Waals surface area contributed by atoms with E-state index >= 15 is 0 Å². The van der Waals surface area contributed by atoms with Gasteiger partial charge < -0.3 is 4.90 Å². The summed E-state index contributed by atoms with van der Waals surface area (Å²) in [6, 6.07) is 0. The fraction of sp³-hybridized carbons (Fsp3) is 0.500. The molecule has 0 aromatic rings. The lowest BCUT2D eigenvalue weighted by molar-refractivity contribution is -0.801. The third-order valence-corrected chi connectivity index (χ3v) is 1.36. The van der Waals surface area contributed by atoms with Crippen LogP contribution in [0, 0.1) is 5.41 Å². The van der Waals surface area contributed by atoms with Gasteiger partial charge in [0.05, 0.1) is 25.3 Å². The first-order chi connectivity index (χ1) is 4.16. The van der Waals surface area contributed by atoms with E-state index in [1.165, 1.54) is 16.7 Å². The second-order valence-electron chi connectivity index (χ2n) is 1.98. The van der Waals surface area contributed by atoms with E-state index in [2.05, 4.69) is 0 Å². The van der Waals surface area contributed by atoms with Crippen LogP contribution in [0.1, 0.15) is 0 Å². The molecule has 0 unspecified atom stereocenters. The van der Waals surface area contributed by atoms with Crippen LogP contribution in [0.3, 0.4) is 0 Å². The molecule has 0 bridgehead atoms. The second-order valence-corrected chi connectivity index (χ2v) is 2.83. The van der Waals surface area contributed by atoms with E-state index in [-0.39, 0.29) is 0 Å². The molecule has 52 valence electrons. The Morgan fingerprint density at radius 2 is 2.11 bits per heavy atom. The molecular weight excluding hydrogens is 132 g/mol. The van der Waals surface area contributed by atoms with Crippen molar-refractivity contribution in [1.82, 2.24) is 0 Å². The quantitative estimate of drug-likeness (QED) is 0.415. The van der Waals surface area contributed by atoms with Gasteiger partial charge >= 0.3 is 0 Å². The van der Waals surface area contributed by atoms with Crippen molar-refractivity contribution in [1.29, 1.82) is 5.41 Å². The molecule has 0 spiro atoms. The highest BCUT2D eigenvalue weighted by Crippen LogP contribution is 1.93. The average molecular weight is 145 g/mol. The van der Waals surface area contributed by atoms with Crippen LogP contribution in [0.25, 0.3) is 0 Å². The Labute approximate surface area is 60.4 Å². The Morgan fingerprint density at radius 1 is 1.56 bits per heavy atom. The maximum absolute atomic E-state index is 7.19. The Bertz CT molecular complexity index is 118.